The van der Waals surface area contributed by atoms with Crippen molar-refractivity contribution in [3.63, 3.8) is 0 Å². The molecule has 0 aromatic carbocycles. The first kappa shape index (κ1) is 15.5. The van der Waals surface area contributed by atoms with Gasteiger partial charge in [0.2, 0.25) is 0 Å². The van der Waals surface area contributed by atoms with Crippen molar-refractivity contribution in [3.05, 3.63) is 36.2 Å². The van der Waals surface area contributed by atoms with Crippen LogP contribution < -0.4 is 0 Å². The molecule has 0 atom stereocenters. The van der Waals surface area contributed by atoms with Gasteiger partial charge in [0.1, 0.15) is 0 Å². The highest BCUT2D eigenvalue weighted by Gasteiger charge is 2.45. The molecule has 2 aliphatic rings. The topological polar surface area (TPSA) is 66.3 Å². The summed E-state index contributed by atoms with van der Waals surface area (Å²) in [6.07, 6.45) is 6.43. The lowest BCUT2D eigenvalue weighted by Gasteiger charge is -2.34. The molecule has 4 rings (SSSR count). The molecule has 1 aliphatic carbocycles. The summed E-state index contributed by atoms with van der Waals surface area (Å²) in [6, 6.07) is 8.23. The van der Waals surface area contributed by atoms with Crippen LogP contribution in [0, 0.1) is 5.41 Å². The van der Waals surface area contributed by atoms with Crippen molar-refractivity contribution in [3.8, 4) is 0 Å². The second-order valence-corrected chi connectivity index (χ2v) is 7.41. The number of likely N-dealkylation sites (tertiary alicyclic amines) is 1. The smallest absolute Gasteiger partial charge is 0.303 e. The number of piperidine rings is 1. The normalized spacial score (nSPS) is 21.0. The van der Waals surface area contributed by atoms with Gasteiger partial charge >= 0.3 is 5.97 Å². The number of carboxylic acids is 1. The third-order valence-corrected chi connectivity index (χ3v) is 5.53. The minimum atomic E-state index is -0.657. The summed E-state index contributed by atoms with van der Waals surface area (Å²) in [7, 11) is 0. The molecule has 5 nitrogen and oxygen atoms in total. The molecule has 2 aromatic heterocycles. The van der Waals surface area contributed by atoms with E-state index in [4.69, 9.17) is 10.1 Å². The van der Waals surface area contributed by atoms with Crippen LogP contribution in [0.4, 0.5) is 0 Å². The molecule has 2 aromatic rings. The number of hydrogen-bond donors (Lipinski definition) is 1. The molecule has 0 unspecified atom stereocenters. The first-order valence-electron chi connectivity index (χ1n) is 8.79. The first-order chi connectivity index (χ1) is 11.6. The third kappa shape index (κ3) is 3.26. The molecule has 2 fully saturated rings. The van der Waals surface area contributed by atoms with Crippen molar-refractivity contribution in [1.29, 1.82) is 0 Å². The van der Waals surface area contributed by atoms with Crippen LogP contribution in [0.15, 0.2) is 30.5 Å². The van der Waals surface area contributed by atoms with Gasteiger partial charge in [-0.1, -0.05) is 0 Å². The quantitative estimate of drug-likeness (QED) is 0.915. The van der Waals surface area contributed by atoms with Gasteiger partial charge in [-0.2, -0.15) is 0 Å². The maximum Gasteiger partial charge on any atom is 0.303 e. The van der Waals surface area contributed by atoms with Crippen LogP contribution in [-0.2, 0) is 4.79 Å². The molecule has 1 N–H and O–H groups in total. The van der Waals surface area contributed by atoms with Crippen molar-refractivity contribution in [1.82, 2.24) is 14.9 Å². The standard InChI is InChI=1S/C19H23N3O2/c23-17(24)12-19(7-8-19)13-22-10-5-14(6-11-22)16-4-3-15-2-1-9-20-18(15)21-16/h1-4,9,14H,5-8,10-13H2,(H,23,24). The van der Waals surface area contributed by atoms with Crippen LogP contribution in [0.3, 0.4) is 0 Å². The molecule has 1 saturated heterocycles. The second-order valence-electron chi connectivity index (χ2n) is 7.41. The number of nitrogens with zero attached hydrogens (tertiary/aromatic N) is 3. The van der Waals surface area contributed by atoms with Gasteiger partial charge in [0.05, 0.1) is 6.42 Å². The van der Waals surface area contributed by atoms with Crippen molar-refractivity contribution in [2.75, 3.05) is 19.6 Å². The van der Waals surface area contributed by atoms with Crippen molar-refractivity contribution < 1.29 is 9.90 Å². The van der Waals surface area contributed by atoms with E-state index in [1.165, 1.54) is 0 Å². The highest BCUT2D eigenvalue weighted by Crippen LogP contribution is 2.49. The number of pyridine rings is 2. The van der Waals surface area contributed by atoms with Gasteiger partial charge in [-0.05, 0) is 68.5 Å². The number of aromatic nitrogens is 2. The van der Waals surface area contributed by atoms with Gasteiger partial charge in [-0.15, -0.1) is 0 Å². The molecule has 24 heavy (non-hydrogen) atoms. The average Bonchev–Trinajstić information content (AvgIpc) is 3.33. The van der Waals surface area contributed by atoms with Crippen molar-refractivity contribution >= 4 is 17.0 Å². The van der Waals surface area contributed by atoms with Crippen LogP contribution in [0.25, 0.3) is 11.0 Å². The fourth-order valence-corrected chi connectivity index (χ4v) is 3.94. The van der Waals surface area contributed by atoms with Crippen LogP contribution in [0.2, 0.25) is 0 Å². The maximum atomic E-state index is 11.0. The van der Waals surface area contributed by atoms with Gasteiger partial charge in [0.25, 0.3) is 0 Å². The zero-order valence-corrected chi connectivity index (χ0v) is 13.8. The lowest BCUT2D eigenvalue weighted by molar-refractivity contribution is -0.138. The summed E-state index contributed by atoms with van der Waals surface area (Å²) in [5.41, 5.74) is 2.03. The summed E-state index contributed by atoms with van der Waals surface area (Å²) < 4.78 is 0. The minimum absolute atomic E-state index is 0.0593. The zero-order chi connectivity index (χ0) is 16.6. The molecular formula is C19H23N3O2. The number of hydrogen-bond acceptors (Lipinski definition) is 4. The number of rotatable bonds is 5. The number of carboxylic acid groups (broad SMARTS) is 1. The Kier molecular flexibility index (Phi) is 3.96. The Morgan fingerprint density at radius 3 is 2.75 bits per heavy atom. The zero-order valence-electron chi connectivity index (χ0n) is 13.8. The minimum Gasteiger partial charge on any atom is -0.481 e. The molecule has 1 saturated carbocycles. The molecule has 5 heteroatoms. The van der Waals surface area contributed by atoms with E-state index < -0.39 is 5.97 Å². The Morgan fingerprint density at radius 2 is 2.04 bits per heavy atom. The summed E-state index contributed by atoms with van der Waals surface area (Å²) >= 11 is 0. The SMILES string of the molecule is O=C(O)CC1(CN2CCC(c3ccc4cccnc4n3)CC2)CC1. The lowest BCUT2D eigenvalue weighted by Crippen LogP contribution is -2.38. The molecule has 0 bridgehead atoms. The fourth-order valence-electron chi connectivity index (χ4n) is 3.94. The first-order valence-corrected chi connectivity index (χ1v) is 8.79. The summed E-state index contributed by atoms with van der Waals surface area (Å²) in [4.78, 5) is 22.6. The molecule has 1 aliphatic heterocycles. The van der Waals surface area contributed by atoms with Crippen molar-refractivity contribution in [2.24, 2.45) is 5.41 Å². The summed E-state index contributed by atoms with van der Waals surface area (Å²) in [5.74, 6) is -0.169. The van der Waals surface area contributed by atoms with E-state index in [1.807, 2.05) is 12.1 Å². The Bertz CT molecular complexity index is 749. The average molecular weight is 325 g/mol. The van der Waals surface area contributed by atoms with Gasteiger partial charge in [0, 0.05) is 29.7 Å². The molecule has 126 valence electrons. The van der Waals surface area contributed by atoms with Gasteiger partial charge in [-0.3, -0.25) is 4.79 Å². The predicted octanol–water partition coefficient (Wildman–Crippen LogP) is 3.06. The van der Waals surface area contributed by atoms with Gasteiger partial charge in [0.15, 0.2) is 5.65 Å². The molecule has 3 heterocycles. The van der Waals surface area contributed by atoms with Crippen molar-refractivity contribution in [2.45, 2.75) is 38.0 Å². The van der Waals surface area contributed by atoms with Gasteiger partial charge < -0.3 is 10.0 Å². The number of fused-ring (bicyclic) bond motifs is 1. The molecular weight excluding hydrogens is 302 g/mol. The third-order valence-electron chi connectivity index (χ3n) is 5.53. The summed E-state index contributed by atoms with van der Waals surface area (Å²) in [6.45, 7) is 3.01. The number of carbonyl (C=O) groups is 1. The van der Waals surface area contributed by atoms with E-state index in [-0.39, 0.29) is 5.41 Å². The van der Waals surface area contributed by atoms with E-state index in [2.05, 4.69) is 22.0 Å². The number of aliphatic carboxylic acids is 1. The lowest BCUT2D eigenvalue weighted by atomic mass is 9.91. The largest absolute Gasteiger partial charge is 0.481 e. The highest BCUT2D eigenvalue weighted by atomic mass is 16.4. The highest BCUT2D eigenvalue weighted by molar-refractivity contribution is 5.74. The Hall–Kier alpha value is -2.01. The molecule has 0 amide bonds. The van der Waals surface area contributed by atoms with Crippen LogP contribution in [0.1, 0.15) is 43.7 Å². The van der Waals surface area contributed by atoms with Crippen LogP contribution in [-0.4, -0.2) is 45.6 Å². The fraction of sp³-hybridized carbons (Fsp3) is 0.526. The second kappa shape index (κ2) is 6.13. The van der Waals surface area contributed by atoms with E-state index in [9.17, 15) is 4.79 Å². The molecule has 0 radical (unpaired) electrons. The Balaban J connectivity index is 1.38. The Morgan fingerprint density at radius 1 is 1.25 bits per heavy atom. The monoisotopic (exact) mass is 325 g/mol. The maximum absolute atomic E-state index is 11.0. The van der Waals surface area contributed by atoms with E-state index in [0.29, 0.717) is 12.3 Å². The predicted molar refractivity (Wildman–Crippen MR) is 91.9 cm³/mol. The summed E-state index contributed by atoms with van der Waals surface area (Å²) in [5, 5.41) is 10.1. The van der Waals surface area contributed by atoms with E-state index in [1.54, 1.807) is 6.20 Å². The molecule has 0 spiro atoms. The van der Waals surface area contributed by atoms with Crippen LogP contribution in [0.5, 0.6) is 0 Å². The van der Waals surface area contributed by atoms with Crippen LogP contribution >= 0.6 is 0 Å². The van der Waals surface area contributed by atoms with E-state index >= 15 is 0 Å². The van der Waals surface area contributed by atoms with Gasteiger partial charge in [-0.25, -0.2) is 9.97 Å². The van der Waals surface area contributed by atoms with E-state index in [0.717, 1.165) is 62.0 Å². The Labute approximate surface area is 141 Å².